The molecule has 0 heterocycles. The zero-order valence-electron chi connectivity index (χ0n) is 9.21. The molecule has 0 aliphatic carbocycles. The first-order valence-corrected chi connectivity index (χ1v) is 4.93. The van der Waals surface area contributed by atoms with Crippen LogP contribution in [0.5, 0.6) is 11.5 Å². The summed E-state index contributed by atoms with van der Waals surface area (Å²) in [6.07, 6.45) is -0.00719. The van der Waals surface area contributed by atoms with Gasteiger partial charge in [-0.2, -0.15) is 0 Å². The van der Waals surface area contributed by atoms with Gasteiger partial charge in [0, 0.05) is 12.1 Å². The van der Waals surface area contributed by atoms with E-state index in [0.717, 1.165) is 0 Å². The first-order chi connectivity index (χ1) is 7.04. The molecule has 0 aliphatic rings. The van der Waals surface area contributed by atoms with Crippen LogP contribution in [0.15, 0.2) is 12.1 Å². The molecule has 1 aromatic rings. The molecule has 0 aromatic heterocycles. The smallest absolute Gasteiger partial charge is 0.167 e. The van der Waals surface area contributed by atoms with Crippen molar-refractivity contribution < 1.29 is 13.9 Å². The van der Waals surface area contributed by atoms with E-state index in [1.165, 1.54) is 12.1 Å². The van der Waals surface area contributed by atoms with Gasteiger partial charge in [0.25, 0.3) is 0 Å². The molecule has 0 aliphatic heterocycles. The van der Waals surface area contributed by atoms with E-state index < -0.39 is 5.82 Å². The summed E-state index contributed by atoms with van der Waals surface area (Å²) in [6.45, 7) is 5.95. The lowest BCUT2D eigenvalue weighted by Gasteiger charge is -2.14. The van der Waals surface area contributed by atoms with E-state index in [1.54, 1.807) is 6.92 Å². The minimum atomic E-state index is -0.467. The Labute approximate surface area is 89.0 Å². The zero-order valence-corrected chi connectivity index (χ0v) is 9.21. The Hall–Kier alpha value is -1.45. The molecule has 15 heavy (non-hydrogen) atoms. The van der Waals surface area contributed by atoms with Crippen LogP contribution in [0, 0.1) is 5.82 Å². The fourth-order valence-electron chi connectivity index (χ4n) is 1.17. The summed E-state index contributed by atoms with van der Waals surface area (Å²) in [6, 6.07) is 2.69. The minimum Gasteiger partial charge on any atom is -0.491 e. The van der Waals surface area contributed by atoms with E-state index in [0.29, 0.717) is 12.4 Å². The first kappa shape index (κ1) is 11.6. The second kappa shape index (κ2) is 4.87. The van der Waals surface area contributed by atoms with Gasteiger partial charge >= 0.3 is 0 Å². The van der Waals surface area contributed by atoms with Crippen LogP contribution in [0.25, 0.3) is 0 Å². The van der Waals surface area contributed by atoms with Crippen molar-refractivity contribution >= 4 is 5.69 Å². The van der Waals surface area contributed by atoms with Gasteiger partial charge in [-0.05, 0) is 20.8 Å². The van der Waals surface area contributed by atoms with Gasteiger partial charge < -0.3 is 15.2 Å². The molecule has 1 rings (SSSR count). The highest BCUT2D eigenvalue weighted by atomic mass is 19.1. The number of nitrogen functional groups attached to an aromatic ring is 1. The summed E-state index contributed by atoms with van der Waals surface area (Å²) >= 11 is 0. The van der Waals surface area contributed by atoms with Crippen LogP contribution in [-0.2, 0) is 0 Å². The predicted molar refractivity (Wildman–Crippen MR) is 57.7 cm³/mol. The fourth-order valence-corrected chi connectivity index (χ4v) is 1.17. The standard InChI is InChI=1S/C11H16FNO2/c1-4-14-10-6-11(15-7(2)3)9(13)5-8(10)12/h5-7H,4,13H2,1-3H3. The molecule has 0 amide bonds. The van der Waals surface area contributed by atoms with Crippen LogP contribution in [0.4, 0.5) is 10.1 Å². The summed E-state index contributed by atoms with van der Waals surface area (Å²) in [5, 5.41) is 0. The molecule has 0 radical (unpaired) electrons. The fraction of sp³-hybridized carbons (Fsp3) is 0.455. The van der Waals surface area contributed by atoms with Gasteiger partial charge in [0.2, 0.25) is 0 Å². The Morgan fingerprint density at radius 1 is 1.33 bits per heavy atom. The number of halogens is 1. The molecule has 0 atom stereocenters. The van der Waals surface area contributed by atoms with Crippen molar-refractivity contribution in [1.29, 1.82) is 0 Å². The Bertz CT molecular complexity index is 340. The van der Waals surface area contributed by atoms with Crippen molar-refractivity contribution in [3.05, 3.63) is 17.9 Å². The van der Waals surface area contributed by atoms with Crippen molar-refractivity contribution in [3.8, 4) is 11.5 Å². The van der Waals surface area contributed by atoms with E-state index in [2.05, 4.69) is 0 Å². The molecule has 2 N–H and O–H groups in total. The molecule has 84 valence electrons. The molecule has 1 aromatic carbocycles. The highest BCUT2D eigenvalue weighted by molar-refractivity contribution is 5.56. The van der Waals surface area contributed by atoms with E-state index in [9.17, 15) is 4.39 Å². The van der Waals surface area contributed by atoms with Gasteiger partial charge in [-0.3, -0.25) is 0 Å². The van der Waals surface area contributed by atoms with Crippen molar-refractivity contribution in [2.45, 2.75) is 26.9 Å². The van der Waals surface area contributed by atoms with E-state index in [4.69, 9.17) is 15.2 Å². The third-order valence-electron chi connectivity index (χ3n) is 1.73. The number of hydrogen-bond donors (Lipinski definition) is 1. The van der Waals surface area contributed by atoms with E-state index in [-0.39, 0.29) is 17.5 Å². The maximum absolute atomic E-state index is 13.3. The maximum atomic E-state index is 13.3. The average molecular weight is 213 g/mol. The monoisotopic (exact) mass is 213 g/mol. The summed E-state index contributed by atoms with van der Waals surface area (Å²) in [4.78, 5) is 0. The quantitative estimate of drug-likeness (QED) is 0.782. The second-order valence-corrected chi connectivity index (χ2v) is 3.42. The van der Waals surface area contributed by atoms with Crippen molar-refractivity contribution in [2.75, 3.05) is 12.3 Å². The van der Waals surface area contributed by atoms with Crippen LogP contribution >= 0.6 is 0 Å². The molecule has 0 spiro atoms. The highest BCUT2D eigenvalue weighted by Crippen LogP contribution is 2.30. The van der Waals surface area contributed by atoms with E-state index in [1.807, 2.05) is 13.8 Å². The SMILES string of the molecule is CCOc1cc(OC(C)C)c(N)cc1F. The highest BCUT2D eigenvalue weighted by Gasteiger charge is 2.10. The molecule has 4 heteroatoms. The van der Waals surface area contributed by atoms with Gasteiger partial charge in [0.05, 0.1) is 18.4 Å². The maximum Gasteiger partial charge on any atom is 0.167 e. The number of benzene rings is 1. The first-order valence-electron chi connectivity index (χ1n) is 4.93. The lowest BCUT2D eigenvalue weighted by Crippen LogP contribution is -2.08. The van der Waals surface area contributed by atoms with Crippen LogP contribution < -0.4 is 15.2 Å². The normalized spacial score (nSPS) is 10.5. The van der Waals surface area contributed by atoms with Crippen molar-refractivity contribution in [1.82, 2.24) is 0 Å². The molecular weight excluding hydrogens is 197 g/mol. The van der Waals surface area contributed by atoms with Gasteiger partial charge in [-0.25, -0.2) is 4.39 Å². The van der Waals surface area contributed by atoms with Gasteiger partial charge in [0.15, 0.2) is 11.6 Å². The Morgan fingerprint density at radius 2 is 2.00 bits per heavy atom. The number of rotatable bonds is 4. The molecule has 0 unspecified atom stereocenters. The zero-order chi connectivity index (χ0) is 11.4. The van der Waals surface area contributed by atoms with Gasteiger partial charge in [-0.15, -0.1) is 0 Å². The number of anilines is 1. The van der Waals surface area contributed by atoms with Crippen LogP contribution in [0.3, 0.4) is 0 Å². The number of nitrogens with two attached hydrogens (primary N) is 1. The molecule has 0 bridgehead atoms. The molecule has 3 nitrogen and oxygen atoms in total. The van der Waals surface area contributed by atoms with Crippen molar-refractivity contribution in [2.24, 2.45) is 0 Å². The average Bonchev–Trinajstić information content (AvgIpc) is 2.12. The lowest BCUT2D eigenvalue weighted by molar-refractivity contribution is 0.240. The third-order valence-corrected chi connectivity index (χ3v) is 1.73. The summed E-state index contributed by atoms with van der Waals surface area (Å²) < 4.78 is 23.8. The lowest BCUT2D eigenvalue weighted by atomic mass is 10.2. The molecule has 0 saturated carbocycles. The number of ether oxygens (including phenoxy) is 2. The largest absolute Gasteiger partial charge is 0.491 e. The topological polar surface area (TPSA) is 44.5 Å². The molecule has 0 fully saturated rings. The number of hydrogen-bond acceptors (Lipinski definition) is 3. The predicted octanol–water partition coefficient (Wildman–Crippen LogP) is 2.59. The van der Waals surface area contributed by atoms with Crippen molar-refractivity contribution in [3.63, 3.8) is 0 Å². The summed E-state index contributed by atoms with van der Waals surface area (Å²) in [7, 11) is 0. The van der Waals surface area contributed by atoms with Crippen LogP contribution in [0.2, 0.25) is 0 Å². The molecule has 0 saturated heterocycles. The summed E-state index contributed by atoms with van der Waals surface area (Å²) in [5.41, 5.74) is 5.90. The Balaban J connectivity index is 3.00. The van der Waals surface area contributed by atoms with E-state index >= 15 is 0 Å². The third kappa shape index (κ3) is 3.01. The Kier molecular flexibility index (Phi) is 3.77. The second-order valence-electron chi connectivity index (χ2n) is 3.42. The van der Waals surface area contributed by atoms with Crippen LogP contribution in [0.1, 0.15) is 20.8 Å². The molecular formula is C11H16FNO2. The van der Waals surface area contributed by atoms with Gasteiger partial charge in [-0.1, -0.05) is 0 Å². The minimum absolute atomic E-state index is 0.00719. The Morgan fingerprint density at radius 3 is 2.53 bits per heavy atom. The van der Waals surface area contributed by atoms with Crippen LogP contribution in [-0.4, -0.2) is 12.7 Å². The summed E-state index contributed by atoms with van der Waals surface area (Å²) in [5.74, 6) is 0.155. The van der Waals surface area contributed by atoms with Gasteiger partial charge in [0.1, 0.15) is 5.75 Å².